The number of aliphatic carboxylic acids is 1. The summed E-state index contributed by atoms with van der Waals surface area (Å²) in [5.74, 6) is -1.02. The van der Waals surface area contributed by atoms with Crippen molar-refractivity contribution in [1.29, 1.82) is 0 Å². The third-order valence-corrected chi connectivity index (χ3v) is 6.50. The highest BCUT2D eigenvalue weighted by atomic mass is 32.2. The number of nitrogens with zero attached hydrogens (tertiary/aromatic N) is 1. The SMILES string of the molecule is CC(C)C1(C(=O)O)CCN(S(=O)(=O)CC2CCCO2)C1. The second-order valence-electron chi connectivity index (χ2n) is 6.11. The van der Waals surface area contributed by atoms with Crippen molar-refractivity contribution >= 4 is 16.0 Å². The molecule has 0 spiro atoms. The van der Waals surface area contributed by atoms with Crippen LogP contribution in [0.4, 0.5) is 0 Å². The molecule has 0 aromatic heterocycles. The summed E-state index contributed by atoms with van der Waals surface area (Å²) in [6.07, 6.45) is 1.80. The number of carboxylic acid groups (broad SMARTS) is 1. The van der Waals surface area contributed by atoms with Crippen molar-refractivity contribution in [3.8, 4) is 0 Å². The van der Waals surface area contributed by atoms with E-state index in [1.165, 1.54) is 4.31 Å². The molecule has 6 nitrogen and oxygen atoms in total. The van der Waals surface area contributed by atoms with Crippen LogP contribution >= 0.6 is 0 Å². The van der Waals surface area contributed by atoms with E-state index in [1.54, 1.807) is 0 Å². The highest BCUT2D eigenvalue weighted by molar-refractivity contribution is 7.89. The topological polar surface area (TPSA) is 83.9 Å². The second-order valence-corrected chi connectivity index (χ2v) is 8.13. The Morgan fingerprint density at radius 2 is 2.20 bits per heavy atom. The molecule has 1 N–H and O–H groups in total. The van der Waals surface area contributed by atoms with E-state index in [0.29, 0.717) is 19.6 Å². The van der Waals surface area contributed by atoms with Gasteiger partial charge >= 0.3 is 5.97 Å². The Morgan fingerprint density at radius 3 is 2.65 bits per heavy atom. The maximum Gasteiger partial charge on any atom is 0.311 e. The molecule has 2 heterocycles. The van der Waals surface area contributed by atoms with E-state index in [0.717, 1.165) is 12.8 Å². The molecule has 0 saturated carbocycles. The Morgan fingerprint density at radius 1 is 1.50 bits per heavy atom. The van der Waals surface area contributed by atoms with E-state index < -0.39 is 21.4 Å². The van der Waals surface area contributed by atoms with E-state index >= 15 is 0 Å². The molecule has 2 aliphatic rings. The van der Waals surface area contributed by atoms with Crippen LogP contribution in [-0.4, -0.2) is 55.4 Å². The third-order valence-electron chi connectivity index (χ3n) is 4.61. The summed E-state index contributed by atoms with van der Waals surface area (Å²) in [5.41, 5.74) is -0.955. The van der Waals surface area contributed by atoms with Crippen molar-refractivity contribution in [2.45, 2.75) is 39.2 Å². The van der Waals surface area contributed by atoms with Crippen molar-refractivity contribution in [1.82, 2.24) is 4.31 Å². The molecule has 0 amide bonds. The van der Waals surface area contributed by atoms with E-state index in [-0.39, 0.29) is 24.3 Å². The van der Waals surface area contributed by atoms with Gasteiger partial charge in [-0.2, -0.15) is 0 Å². The second kappa shape index (κ2) is 5.61. The van der Waals surface area contributed by atoms with Gasteiger partial charge in [0.2, 0.25) is 10.0 Å². The summed E-state index contributed by atoms with van der Waals surface area (Å²) in [6.45, 7) is 4.66. The first kappa shape index (κ1) is 15.7. The minimum absolute atomic E-state index is 0.0270. The first-order valence-corrected chi connectivity index (χ1v) is 8.72. The first-order valence-electron chi connectivity index (χ1n) is 7.11. The minimum Gasteiger partial charge on any atom is -0.481 e. The maximum atomic E-state index is 12.4. The number of sulfonamides is 1. The molecule has 20 heavy (non-hydrogen) atoms. The fraction of sp³-hybridized carbons (Fsp3) is 0.923. The molecular formula is C13H23NO5S. The number of rotatable bonds is 5. The molecule has 2 fully saturated rings. The molecule has 116 valence electrons. The highest BCUT2D eigenvalue weighted by Crippen LogP contribution is 2.39. The number of carboxylic acids is 1. The average Bonchev–Trinajstić information content (AvgIpc) is 2.96. The molecule has 0 bridgehead atoms. The largest absolute Gasteiger partial charge is 0.481 e. The lowest BCUT2D eigenvalue weighted by Gasteiger charge is -2.28. The zero-order valence-corrected chi connectivity index (χ0v) is 12.9. The van der Waals surface area contributed by atoms with Gasteiger partial charge < -0.3 is 9.84 Å². The Balaban J connectivity index is 2.09. The van der Waals surface area contributed by atoms with Gasteiger partial charge in [0.15, 0.2) is 0 Å². The van der Waals surface area contributed by atoms with Crippen LogP contribution in [0.25, 0.3) is 0 Å². The van der Waals surface area contributed by atoms with E-state index in [1.807, 2.05) is 13.8 Å². The van der Waals surface area contributed by atoms with Gasteiger partial charge in [0.1, 0.15) is 0 Å². The number of hydrogen-bond donors (Lipinski definition) is 1. The van der Waals surface area contributed by atoms with E-state index in [9.17, 15) is 18.3 Å². The van der Waals surface area contributed by atoms with Crippen molar-refractivity contribution in [3.63, 3.8) is 0 Å². The van der Waals surface area contributed by atoms with Gasteiger partial charge in [-0.05, 0) is 25.2 Å². The van der Waals surface area contributed by atoms with Crippen LogP contribution in [0.3, 0.4) is 0 Å². The quantitative estimate of drug-likeness (QED) is 0.817. The highest BCUT2D eigenvalue weighted by Gasteiger charge is 2.50. The molecule has 7 heteroatoms. The summed E-state index contributed by atoms with van der Waals surface area (Å²) < 4.78 is 31.5. The lowest BCUT2D eigenvalue weighted by atomic mass is 9.77. The standard InChI is InChI=1S/C13H23NO5S/c1-10(2)13(12(15)16)5-6-14(9-13)20(17,18)8-11-4-3-7-19-11/h10-11H,3-9H2,1-2H3,(H,15,16). The fourth-order valence-corrected chi connectivity index (χ4v) is 4.78. The molecule has 2 aliphatic heterocycles. The summed E-state index contributed by atoms with van der Waals surface area (Å²) >= 11 is 0. The van der Waals surface area contributed by atoms with Crippen molar-refractivity contribution < 1.29 is 23.1 Å². The summed E-state index contributed by atoms with van der Waals surface area (Å²) in [7, 11) is -3.44. The zero-order valence-electron chi connectivity index (χ0n) is 12.0. The van der Waals surface area contributed by atoms with Crippen LogP contribution in [0.5, 0.6) is 0 Å². The third kappa shape index (κ3) is 2.84. The Labute approximate surface area is 120 Å². The summed E-state index contributed by atoms with van der Waals surface area (Å²) in [6, 6.07) is 0. The summed E-state index contributed by atoms with van der Waals surface area (Å²) in [4.78, 5) is 11.5. The van der Waals surface area contributed by atoms with Gasteiger partial charge in [-0.15, -0.1) is 0 Å². The molecule has 0 aliphatic carbocycles. The van der Waals surface area contributed by atoms with Crippen LogP contribution in [-0.2, 0) is 19.6 Å². The Bertz CT molecular complexity index is 469. The van der Waals surface area contributed by atoms with Gasteiger partial charge in [-0.3, -0.25) is 4.79 Å². The number of ether oxygens (including phenoxy) is 1. The fourth-order valence-electron chi connectivity index (χ4n) is 3.04. The van der Waals surface area contributed by atoms with Gasteiger partial charge in [0, 0.05) is 19.7 Å². The van der Waals surface area contributed by atoms with Crippen LogP contribution in [0.15, 0.2) is 0 Å². The summed E-state index contributed by atoms with van der Waals surface area (Å²) in [5, 5.41) is 9.46. The minimum atomic E-state index is -3.44. The van der Waals surface area contributed by atoms with E-state index in [2.05, 4.69) is 0 Å². The van der Waals surface area contributed by atoms with E-state index in [4.69, 9.17) is 4.74 Å². The predicted molar refractivity (Wildman–Crippen MR) is 73.9 cm³/mol. The average molecular weight is 305 g/mol. The van der Waals surface area contributed by atoms with Gasteiger partial charge in [-0.25, -0.2) is 12.7 Å². The van der Waals surface area contributed by atoms with Gasteiger partial charge in [0.25, 0.3) is 0 Å². The van der Waals surface area contributed by atoms with Crippen LogP contribution < -0.4 is 0 Å². The molecule has 0 aromatic rings. The lowest BCUT2D eigenvalue weighted by Crippen LogP contribution is -2.42. The van der Waals surface area contributed by atoms with Crippen LogP contribution in [0, 0.1) is 11.3 Å². The lowest BCUT2D eigenvalue weighted by molar-refractivity contribution is -0.150. The molecule has 0 aromatic carbocycles. The normalized spacial score (nSPS) is 32.0. The van der Waals surface area contributed by atoms with Crippen molar-refractivity contribution in [3.05, 3.63) is 0 Å². The monoisotopic (exact) mass is 305 g/mol. The molecular weight excluding hydrogens is 282 g/mol. The molecule has 2 unspecified atom stereocenters. The molecule has 2 atom stereocenters. The first-order chi connectivity index (χ1) is 9.28. The molecule has 0 radical (unpaired) electrons. The van der Waals surface area contributed by atoms with Gasteiger partial charge in [-0.1, -0.05) is 13.8 Å². The zero-order chi connectivity index (χ0) is 15.0. The smallest absolute Gasteiger partial charge is 0.311 e. The molecule has 2 saturated heterocycles. The van der Waals surface area contributed by atoms with Crippen molar-refractivity contribution in [2.75, 3.05) is 25.4 Å². The Kier molecular flexibility index (Phi) is 4.41. The van der Waals surface area contributed by atoms with Gasteiger partial charge in [0.05, 0.1) is 17.3 Å². The van der Waals surface area contributed by atoms with Crippen LogP contribution in [0.1, 0.15) is 33.1 Å². The predicted octanol–water partition coefficient (Wildman–Crippen LogP) is 0.928. The Hall–Kier alpha value is -0.660. The van der Waals surface area contributed by atoms with Crippen molar-refractivity contribution in [2.24, 2.45) is 11.3 Å². The number of carbonyl (C=O) groups is 1. The van der Waals surface area contributed by atoms with Crippen LogP contribution in [0.2, 0.25) is 0 Å². The number of hydrogen-bond acceptors (Lipinski definition) is 4. The molecule has 2 rings (SSSR count). The maximum absolute atomic E-state index is 12.4.